The van der Waals surface area contributed by atoms with Gasteiger partial charge in [-0.25, -0.2) is 0 Å². The van der Waals surface area contributed by atoms with Crippen LogP contribution in [0.3, 0.4) is 0 Å². The Balaban J connectivity index is 1.86. The average molecular weight is 283 g/mol. The van der Waals surface area contributed by atoms with Crippen LogP contribution < -0.4 is 14.8 Å². The molecule has 0 aromatic heterocycles. The van der Waals surface area contributed by atoms with Crippen molar-refractivity contribution in [2.24, 2.45) is 0 Å². The fourth-order valence-electron chi connectivity index (χ4n) is 2.12. The molecular formula is C16H13NO4. The van der Waals surface area contributed by atoms with Crippen LogP contribution in [0.1, 0.15) is 27.6 Å². The molecular weight excluding hydrogens is 270 g/mol. The first-order valence-corrected chi connectivity index (χ1v) is 6.46. The Labute approximate surface area is 121 Å². The molecule has 0 aliphatic carbocycles. The summed E-state index contributed by atoms with van der Waals surface area (Å²) in [4.78, 5) is 23.7. The van der Waals surface area contributed by atoms with Gasteiger partial charge >= 0.3 is 0 Å². The van der Waals surface area contributed by atoms with Gasteiger partial charge in [0.1, 0.15) is 0 Å². The number of benzene rings is 2. The van der Waals surface area contributed by atoms with Crippen molar-refractivity contribution in [3.63, 3.8) is 0 Å². The van der Waals surface area contributed by atoms with Gasteiger partial charge in [0.25, 0.3) is 5.91 Å². The molecule has 2 aromatic carbocycles. The van der Waals surface area contributed by atoms with Gasteiger partial charge in [-0.1, -0.05) is 18.2 Å². The SMILES string of the molecule is CC(=O)c1cccc(NC(=O)c2cccc3c2OCO3)c1. The molecule has 0 saturated carbocycles. The Morgan fingerprint density at radius 1 is 1.10 bits per heavy atom. The summed E-state index contributed by atoms with van der Waals surface area (Å²) in [6, 6.07) is 11.9. The van der Waals surface area contributed by atoms with E-state index in [1.807, 2.05) is 0 Å². The molecule has 0 radical (unpaired) electrons. The summed E-state index contributed by atoms with van der Waals surface area (Å²) in [5, 5.41) is 2.76. The minimum atomic E-state index is -0.307. The summed E-state index contributed by atoms with van der Waals surface area (Å²) < 4.78 is 10.6. The van der Waals surface area contributed by atoms with Crippen molar-refractivity contribution < 1.29 is 19.1 Å². The largest absolute Gasteiger partial charge is 0.454 e. The Morgan fingerprint density at radius 2 is 1.90 bits per heavy atom. The number of fused-ring (bicyclic) bond motifs is 1. The van der Waals surface area contributed by atoms with Crippen molar-refractivity contribution in [3.05, 3.63) is 53.6 Å². The summed E-state index contributed by atoms with van der Waals surface area (Å²) >= 11 is 0. The zero-order valence-electron chi connectivity index (χ0n) is 11.4. The summed E-state index contributed by atoms with van der Waals surface area (Å²) in [5.74, 6) is 0.638. The molecule has 1 heterocycles. The molecule has 0 spiro atoms. The monoisotopic (exact) mass is 283 g/mol. The molecule has 0 atom stereocenters. The lowest BCUT2D eigenvalue weighted by Gasteiger charge is -2.08. The number of carbonyl (C=O) groups excluding carboxylic acids is 2. The number of carbonyl (C=O) groups is 2. The molecule has 1 aliphatic rings. The lowest BCUT2D eigenvalue weighted by Crippen LogP contribution is -2.13. The van der Waals surface area contributed by atoms with Crippen molar-refractivity contribution in [1.29, 1.82) is 0 Å². The van der Waals surface area contributed by atoms with Crippen LogP contribution in [0.4, 0.5) is 5.69 Å². The summed E-state index contributed by atoms with van der Waals surface area (Å²) in [7, 11) is 0. The molecule has 106 valence electrons. The van der Waals surface area contributed by atoms with Gasteiger partial charge in [0, 0.05) is 11.3 Å². The number of anilines is 1. The van der Waals surface area contributed by atoms with Gasteiger partial charge in [0.05, 0.1) is 5.56 Å². The van der Waals surface area contributed by atoms with Gasteiger partial charge in [-0.15, -0.1) is 0 Å². The maximum atomic E-state index is 12.3. The standard InChI is InChI=1S/C16H13NO4/c1-10(18)11-4-2-5-12(8-11)17-16(19)13-6-3-7-14-15(13)21-9-20-14/h2-8H,9H2,1H3,(H,17,19). The molecule has 0 bridgehead atoms. The summed E-state index contributed by atoms with van der Waals surface area (Å²) in [6.45, 7) is 1.59. The maximum Gasteiger partial charge on any atom is 0.259 e. The Kier molecular flexibility index (Phi) is 3.31. The second kappa shape index (κ2) is 5.28. The fourth-order valence-corrected chi connectivity index (χ4v) is 2.12. The molecule has 0 fully saturated rings. The predicted octanol–water partition coefficient (Wildman–Crippen LogP) is 2.87. The lowest BCUT2D eigenvalue weighted by atomic mass is 10.1. The van der Waals surface area contributed by atoms with E-state index in [2.05, 4.69) is 5.32 Å². The lowest BCUT2D eigenvalue weighted by molar-refractivity contribution is 0.100. The van der Waals surface area contributed by atoms with E-state index < -0.39 is 0 Å². The van der Waals surface area contributed by atoms with E-state index in [9.17, 15) is 9.59 Å². The predicted molar refractivity (Wildman–Crippen MR) is 77.0 cm³/mol. The Morgan fingerprint density at radius 3 is 2.71 bits per heavy atom. The third-order valence-corrected chi connectivity index (χ3v) is 3.17. The van der Waals surface area contributed by atoms with E-state index in [-0.39, 0.29) is 18.5 Å². The molecule has 0 unspecified atom stereocenters. The number of ether oxygens (including phenoxy) is 2. The first-order valence-electron chi connectivity index (χ1n) is 6.46. The van der Waals surface area contributed by atoms with Gasteiger partial charge in [-0.3, -0.25) is 9.59 Å². The summed E-state index contributed by atoms with van der Waals surface area (Å²) in [6.07, 6.45) is 0. The number of hydrogen-bond acceptors (Lipinski definition) is 4. The second-order valence-corrected chi connectivity index (χ2v) is 4.63. The molecule has 5 heteroatoms. The van der Waals surface area contributed by atoms with Crippen LogP contribution in [0.25, 0.3) is 0 Å². The number of nitrogens with one attached hydrogen (secondary N) is 1. The van der Waals surface area contributed by atoms with Gasteiger partial charge in [-0.2, -0.15) is 0 Å². The van der Waals surface area contributed by atoms with E-state index in [1.54, 1.807) is 42.5 Å². The van der Waals surface area contributed by atoms with Crippen LogP contribution in [-0.4, -0.2) is 18.5 Å². The van der Waals surface area contributed by atoms with Crippen molar-refractivity contribution in [2.75, 3.05) is 12.1 Å². The number of para-hydroxylation sites is 1. The highest BCUT2D eigenvalue weighted by Gasteiger charge is 2.21. The quantitative estimate of drug-likeness (QED) is 0.880. The Bertz CT molecular complexity index is 724. The molecule has 1 amide bonds. The van der Waals surface area contributed by atoms with Gasteiger partial charge in [0.2, 0.25) is 6.79 Å². The zero-order chi connectivity index (χ0) is 14.8. The van der Waals surface area contributed by atoms with E-state index >= 15 is 0 Å². The topological polar surface area (TPSA) is 64.6 Å². The first kappa shape index (κ1) is 13.2. The van der Waals surface area contributed by atoms with Crippen LogP contribution in [0.5, 0.6) is 11.5 Å². The van der Waals surface area contributed by atoms with Crippen LogP contribution >= 0.6 is 0 Å². The average Bonchev–Trinajstić information content (AvgIpc) is 2.95. The summed E-state index contributed by atoms with van der Waals surface area (Å²) in [5.41, 5.74) is 1.51. The first-order chi connectivity index (χ1) is 10.1. The van der Waals surface area contributed by atoms with Crippen LogP contribution in [0, 0.1) is 0 Å². The van der Waals surface area contributed by atoms with E-state index in [4.69, 9.17) is 9.47 Å². The van der Waals surface area contributed by atoms with E-state index in [0.29, 0.717) is 28.3 Å². The van der Waals surface area contributed by atoms with Gasteiger partial charge in [0.15, 0.2) is 17.3 Å². The molecule has 1 aliphatic heterocycles. The molecule has 0 saturated heterocycles. The molecule has 2 aromatic rings. The highest BCUT2D eigenvalue weighted by Crippen LogP contribution is 2.35. The van der Waals surface area contributed by atoms with Gasteiger partial charge in [-0.05, 0) is 31.2 Å². The number of amides is 1. The normalized spacial score (nSPS) is 12.0. The van der Waals surface area contributed by atoms with Crippen molar-refractivity contribution in [2.45, 2.75) is 6.92 Å². The highest BCUT2D eigenvalue weighted by molar-refractivity contribution is 6.07. The smallest absolute Gasteiger partial charge is 0.259 e. The number of Topliss-reactive ketones (excluding diaryl/α,β-unsaturated/α-hetero) is 1. The third kappa shape index (κ3) is 2.58. The fraction of sp³-hybridized carbons (Fsp3) is 0.125. The Hall–Kier alpha value is -2.82. The number of rotatable bonds is 3. The molecule has 1 N–H and O–H groups in total. The highest BCUT2D eigenvalue weighted by atomic mass is 16.7. The molecule has 5 nitrogen and oxygen atoms in total. The van der Waals surface area contributed by atoms with E-state index in [0.717, 1.165) is 0 Å². The molecule has 3 rings (SSSR count). The van der Waals surface area contributed by atoms with Crippen molar-refractivity contribution in [3.8, 4) is 11.5 Å². The minimum absolute atomic E-state index is 0.0524. The third-order valence-electron chi connectivity index (χ3n) is 3.17. The van der Waals surface area contributed by atoms with Crippen LogP contribution in [-0.2, 0) is 0 Å². The maximum absolute atomic E-state index is 12.3. The van der Waals surface area contributed by atoms with Crippen LogP contribution in [0.15, 0.2) is 42.5 Å². The second-order valence-electron chi connectivity index (χ2n) is 4.63. The molecule has 21 heavy (non-hydrogen) atoms. The number of ketones is 1. The van der Waals surface area contributed by atoms with Crippen molar-refractivity contribution in [1.82, 2.24) is 0 Å². The minimum Gasteiger partial charge on any atom is -0.454 e. The van der Waals surface area contributed by atoms with Gasteiger partial charge < -0.3 is 14.8 Å². The number of hydrogen-bond donors (Lipinski definition) is 1. The van der Waals surface area contributed by atoms with Crippen molar-refractivity contribution >= 4 is 17.4 Å². The zero-order valence-corrected chi connectivity index (χ0v) is 11.4. The van der Waals surface area contributed by atoms with Crippen LogP contribution in [0.2, 0.25) is 0 Å². The van der Waals surface area contributed by atoms with E-state index in [1.165, 1.54) is 6.92 Å².